The SMILES string of the molecule is Fc1ccc(C(Cl)c2cccc(F)c2F)cc1F. The van der Waals surface area contributed by atoms with Gasteiger partial charge >= 0.3 is 0 Å². The summed E-state index contributed by atoms with van der Waals surface area (Å²) in [6.07, 6.45) is 0. The van der Waals surface area contributed by atoms with Crippen LogP contribution in [-0.4, -0.2) is 0 Å². The van der Waals surface area contributed by atoms with Crippen molar-refractivity contribution in [2.75, 3.05) is 0 Å². The minimum atomic E-state index is -1.10. The van der Waals surface area contributed by atoms with E-state index in [1.165, 1.54) is 18.2 Å². The highest BCUT2D eigenvalue weighted by atomic mass is 35.5. The molecule has 0 aliphatic heterocycles. The molecule has 0 nitrogen and oxygen atoms in total. The molecule has 0 saturated heterocycles. The second-order valence-electron chi connectivity index (χ2n) is 3.68. The van der Waals surface area contributed by atoms with Gasteiger partial charge in [-0.3, -0.25) is 0 Å². The van der Waals surface area contributed by atoms with Crippen LogP contribution in [0.5, 0.6) is 0 Å². The van der Waals surface area contributed by atoms with Crippen LogP contribution in [0.15, 0.2) is 36.4 Å². The maximum Gasteiger partial charge on any atom is 0.163 e. The molecule has 0 amide bonds. The first kappa shape index (κ1) is 12.9. The van der Waals surface area contributed by atoms with Crippen LogP contribution in [0.1, 0.15) is 16.5 Å². The Balaban J connectivity index is 2.44. The Labute approximate surface area is 106 Å². The van der Waals surface area contributed by atoms with Gasteiger partial charge in [0.2, 0.25) is 0 Å². The van der Waals surface area contributed by atoms with E-state index in [1.807, 2.05) is 0 Å². The van der Waals surface area contributed by atoms with Gasteiger partial charge in [-0.2, -0.15) is 0 Å². The van der Waals surface area contributed by atoms with E-state index in [2.05, 4.69) is 0 Å². The van der Waals surface area contributed by atoms with Crippen LogP contribution in [-0.2, 0) is 0 Å². The number of halogens is 5. The summed E-state index contributed by atoms with van der Waals surface area (Å²) in [5, 5.41) is -1.09. The second kappa shape index (κ2) is 4.98. The van der Waals surface area contributed by atoms with Gasteiger partial charge in [-0.1, -0.05) is 18.2 Å². The van der Waals surface area contributed by atoms with E-state index in [-0.39, 0.29) is 11.1 Å². The molecule has 2 rings (SSSR count). The third-order valence-corrected chi connectivity index (χ3v) is 2.98. The Kier molecular flexibility index (Phi) is 3.57. The average molecular weight is 275 g/mol. The van der Waals surface area contributed by atoms with Crippen molar-refractivity contribution in [3.8, 4) is 0 Å². The molecule has 2 aromatic carbocycles. The van der Waals surface area contributed by atoms with Crippen LogP contribution in [0.2, 0.25) is 0 Å². The van der Waals surface area contributed by atoms with E-state index >= 15 is 0 Å². The lowest BCUT2D eigenvalue weighted by atomic mass is 10.0. The average Bonchev–Trinajstić information content (AvgIpc) is 2.35. The monoisotopic (exact) mass is 274 g/mol. The zero-order valence-corrected chi connectivity index (χ0v) is 9.69. The summed E-state index contributed by atoms with van der Waals surface area (Å²) in [6.45, 7) is 0. The molecule has 0 heterocycles. The molecule has 2 aromatic rings. The fraction of sp³-hybridized carbons (Fsp3) is 0.0769. The predicted molar refractivity (Wildman–Crippen MR) is 60.4 cm³/mol. The summed E-state index contributed by atoms with van der Waals surface area (Å²) in [5.41, 5.74) is 0.0303. The minimum absolute atomic E-state index is 0.123. The van der Waals surface area contributed by atoms with Crippen molar-refractivity contribution in [1.29, 1.82) is 0 Å². The summed E-state index contributed by atoms with van der Waals surface area (Å²) in [5.74, 6) is -4.25. The Morgan fingerprint density at radius 3 is 2.22 bits per heavy atom. The second-order valence-corrected chi connectivity index (χ2v) is 4.12. The molecular weight excluding hydrogens is 268 g/mol. The van der Waals surface area contributed by atoms with Gasteiger partial charge in [-0.05, 0) is 23.8 Å². The molecule has 0 fully saturated rings. The first-order valence-electron chi connectivity index (χ1n) is 5.03. The van der Waals surface area contributed by atoms with E-state index in [0.717, 1.165) is 18.2 Å². The summed E-state index contributed by atoms with van der Waals surface area (Å²) >= 11 is 5.94. The Morgan fingerprint density at radius 2 is 1.56 bits per heavy atom. The molecule has 0 N–H and O–H groups in total. The molecule has 0 aliphatic carbocycles. The van der Waals surface area contributed by atoms with Gasteiger partial charge in [0.15, 0.2) is 23.3 Å². The normalized spacial score (nSPS) is 12.5. The Hall–Kier alpha value is -1.55. The van der Waals surface area contributed by atoms with E-state index in [1.54, 1.807) is 0 Å². The molecule has 0 spiro atoms. The topological polar surface area (TPSA) is 0 Å². The highest BCUT2D eigenvalue weighted by Gasteiger charge is 2.18. The minimum Gasteiger partial charge on any atom is -0.204 e. The number of benzene rings is 2. The van der Waals surface area contributed by atoms with Gasteiger partial charge in [0, 0.05) is 5.56 Å². The van der Waals surface area contributed by atoms with Crippen molar-refractivity contribution in [3.05, 3.63) is 70.8 Å². The van der Waals surface area contributed by atoms with Crippen molar-refractivity contribution in [3.63, 3.8) is 0 Å². The molecule has 5 heteroatoms. The standard InChI is InChI=1S/C13H7ClF4/c14-12(7-4-5-9(15)11(17)6-7)8-2-1-3-10(16)13(8)18/h1-6,12H. The van der Waals surface area contributed by atoms with Crippen LogP contribution < -0.4 is 0 Å². The predicted octanol–water partition coefficient (Wildman–Crippen LogP) is 4.57. The van der Waals surface area contributed by atoms with Crippen molar-refractivity contribution in [2.24, 2.45) is 0 Å². The van der Waals surface area contributed by atoms with Gasteiger partial charge in [0.1, 0.15) is 0 Å². The summed E-state index contributed by atoms with van der Waals surface area (Å²) in [4.78, 5) is 0. The molecule has 18 heavy (non-hydrogen) atoms. The third kappa shape index (κ3) is 2.34. The zero-order valence-electron chi connectivity index (χ0n) is 8.93. The maximum atomic E-state index is 13.5. The first-order chi connectivity index (χ1) is 8.50. The summed E-state index contributed by atoms with van der Waals surface area (Å²) in [6, 6.07) is 6.50. The number of hydrogen-bond donors (Lipinski definition) is 0. The van der Waals surface area contributed by atoms with E-state index < -0.39 is 28.6 Å². The van der Waals surface area contributed by atoms with Gasteiger partial charge < -0.3 is 0 Å². The Bertz CT molecular complexity index is 583. The smallest absolute Gasteiger partial charge is 0.163 e. The summed E-state index contributed by atoms with van der Waals surface area (Å²) < 4.78 is 52.3. The highest BCUT2D eigenvalue weighted by molar-refractivity contribution is 6.22. The van der Waals surface area contributed by atoms with Gasteiger partial charge in [-0.15, -0.1) is 11.6 Å². The molecule has 94 valence electrons. The lowest BCUT2D eigenvalue weighted by molar-refractivity contribution is 0.498. The molecule has 0 aliphatic rings. The largest absolute Gasteiger partial charge is 0.204 e. The van der Waals surface area contributed by atoms with Gasteiger partial charge in [0.25, 0.3) is 0 Å². The Morgan fingerprint density at radius 1 is 0.833 bits per heavy atom. The van der Waals surface area contributed by atoms with Crippen molar-refractivity contribution in [2.45, 2.75) is 5.38 Å². The van der Waals surface area contributed by atoms with Crippen LogP contribution in [0.3, 0.4) is 0 Å². The number of alkyl halides is 1. The van der Waals surface area contributed by atoms with E-state index in [4.69, 9.17) is 11.6 Å². The molecule has 0 saturated carbocycles. The molecule has 1 atom stereocenters. The van der Waals surface area contributed by atoms with Crippen LogP contribution in [0.25, 0.3) is 0 Å². The molecule has 0 aromatic heterocycles. The van der Waals surface area contributed by atoms with Crippen molar-refractivity contribution in [1.82, 2.24) is 0 Å². The maximum absolute atomic E-state index is 13.5. The molecular formula is C13H7ClF4. The van der Waals surface area contributed by atoms with Gasteiger partial charge in [0.05, 0.1) is 5.38 Å². The van der Waals surface area contributed by atoms with Gasteiger partial charge in [-0.25, -0.2) is 17.6 Å². The lowest BCUT2D eigenvalue weighted by Gasteiger charge is -2.12. The van der Waals surface area contributed by atoms with E-state index in [9.17, 15) is 17.6 Å². The lowest BCUT2D eigenvalue weighted by Crippen LogP contribution is -2.00. The third-order valence-electron chi connectivity index (χ3n) is 2.49. The fourth-order valence-electron chi connectivity index (χ4n) is 1.57. The van der Waals surface area contributed by atoms with E-state index in [0.29, 0.717) is 0 Å². The summed E-state index contributed by atoms with van der Waals surface area (Å²) in [7, 11) is 0. The van der Waals surface area contributed by atoms with Crippen LogP contribution in [0.4, 0.5) is 17.6 Å². The van der Waals surface area contributed by atoms with Crippen molar-refractivity contribution >= 4 is 11.6 Å². The first-order valence-corrected chi connectivity index (χ1v) is 5.47. The zero-order chi connectivity index (χ0) is 13.3. The highest BCUT2D eigenvalue weighted by Crippen LogP contribution is 2.31. The molecule has 1 unspecified atom stereocenters. The molecule has 0 radical (unpaired) electrons. The van der Waals surface area contributed by atoms with Crippen molar-refractivity contribution < 1.29 is 17.6 Å². The fourth-order valence-corrected chi connectivity index (χ4v) is 1.87. The van der Waals surface area contributed by atoms with Crippen LogP contribution >= 0.6 is 11.6 Å². The quantitative estimate of drug-likeness (QED) is 0.556. The number of hydrogen-bond acceptors (Lipinski definition) is 0. The molecule has 0 bridgehead atoms. The number of rotatable bonds is 2. The van der Waals surface area contributed by atoms with Crippen LogP contribution in [0, 0.1) is 23.3 Å².